The van der Waals surface area contributed by atoms with E-state index in [1.165, 1.54) is 31.0 Å². The van der Waals surface area contributed by atoms with Gasteiger partial charge in [0.1, 0.15) is 0 Å². The van der Waals surface area contributed by atoms with E-state index in [0.717, 1.165) is 18.4 Å². The van der Waals surface area contributed by atoms with Crippen molar-refractivity contribution in [3.05, 3.63) is 11.6 Å². The molecule has 3 rings (SSSR count). The fourth-order valence-electron chi connectivity index (χ4n) is 3.93. The van der Waals surface area contributed by atoms with Crippen molar-refractivity contribution >= 4 is 8.32 Å². The zero-order valence-corrected chi connectivity index (χ0v) is 13.9. The van der Waals surface area contributed by atoms with Gasteiger partial charge in [0, 0.05) is 0 Å². The Morgan fingerprint density at radius 2 is 1.83 bits per heavy atom. The van der Waals surface area contributed by atoms with Crippen LogP contribution in [0, 0.1) is 17.3 Å². The van der Waals surface area contributed by atoms with Crippen molar-refractivity contribution in [2.24, 2.45) is 17.3 Å². The van der Waals surface area contributed by atoms with E-state index in [2.05, 4.69) is 40.7 Å². The first-order valence-electron chi connectivity index (χ1n) is 7.82. The normalized spacial score (nSPS) is 29.7. The molecule has 0 aromatic rings. The second-order valence-electron chi connectivity index (χ2n) is 6.85. The third kappa shape index (κ3) is 2.22. The largest absolute Gasteiger partial charge is 0.413 e. The fourth-order valence-corrected chi connectivity index (χ4v) is 6.52. The van der Waals surface area contributed by atoms with Gasteiger partial charge in [-0.05, 0) is 53.8 Å². The summed E-state index contributed by atoms with van der Waals surface area (Å²) < 4.78 is 6.48. The number of fused-ring (bicyclic) bond motifs is 1. The molecule has 0 radical (unpaired) electrons. The Balaban J connectivity index is 1.97. The monoisotopic (exact) mass is 266 g/mol. The third-order valence-electron chi connectivity index (χ3n) is 6.06. The van der Waals surface area contributed by atoms with Gasteiger partial charge in [0.25, 0.3) is 0 Å². The van der Waals surface area contributed by atoms with Crippen LogP contribution in [0.2, 0.25) is 18.1 Å². The van der Waals surface area contributed by atoms with Crippen LogP contribution in [-0.2, 0) is 4.43 Å². The molecule has 2 atom stereocenters. The van der Waals surface area contributed by atoms with Gasteiger partial charge < -0.3 is 4.43 Å². The molecule has 2 bridgehead atoms. The molecule has 3 aliphatic carbocycles. The molecular weight excluding hydrogens is 236 g/mol. The number of allylic oxidation sites excluding steroid dienone is 1. The summed E-state index contributed by atoms with van der Waals surface area (Å²) in [4.78, 5) is 0. The number of hydrogen-bond acceptors (Lipinski definition) is 1. The van der Waals surface area contributed by atoms with Gasteiger partial charge in [-0.3, -0.25) is 0 Å². The van der Waals surface area contributed by atoms with Crippen LogP contribution < -0.4 is 0 Å². The van der Waals surface area contributed by atoms with Crippen LogP contribution in [0.5, 0.6) is 0 Å². The summed E-state index contributed by atoms with van der Waals surface area (Å²) in [7, 11) is -1.40. The molecule has 104 valence electrons. The van der Waals surface area contributed by atoms with E-state index in [1.54, 1.807) is 5.57 Å². The van der Waals surface area contributed by atoms with Gasteiger partial charge >= 0.3 is 0 Å². The third-order valence-corrected chi connectivity index (χ3v) is 10.7. The number of rotatable bonds is 6. The van der Waals surface area contributed by atoms with E-state index >= 15 is 0 Å². The van der Waals surface area contributed by atoms with Crippen LogP contribution >= 0.6 is 0 Å². The van der Waals surface area contributed by atoms with Gasteiger partial charge in [0.2, 0.25) is 0 Å². The molecule has 0 aromatic carbocycles. The van der Waals surface area contributed by atoms with E-state index in [-0.39, 0.29) is 0 Å². The standard InChI is InChI=1S/C16H30OSi/c1-6-18(7-2,8-3)17-12-13-9-10-14-11-15(13)16(14,4)5/h9,14-15H,6-8,10-12H2,1-5H3/t14-,15-/m0/s1. The van der Waals surface area contributed by atoms with Crippen molar-refractivity contribution in [1.82, 2.24) is 0 Å². The van der Waals surface area contributed by atoms with Crippen molar-refractivity contribution in [3.8, 4) is 0 Å². The minimum Gasteiger partial charge on any atom is -0.413 e. The van der Waals surface area contributed by atoms with Gasteiger partial charge in [0.05, 0.1) is 6.61 Å². The first-order chi connectivity index (χ1) is 8.49. The van der Waals surface area contributed by atoms with E-state index in [9.17, 15) is 0 Å². The summed E-state index contributed by atoms with van der Waals surface area (Å²) in [6.07, 6.45) is 5.20. The van der Waals surface area contributed by atoms with E-state index < -0.39 is 8.32 Å². The van der Waals surface area contributed by atoms with Crippen molar-refractivity contribution in [2.45, 2.75) is 65.6 Å². The second kappa shape index (κ2) is 5.13. The minimum absolute atomic E-state index is 0.544. The van der Waals surface area contributed by atoms with Crippen molar-refractivity contribution in [3.63, 3.8) is 0 Å². The molecule has 18 heavy (non-hydrogen) atoms. The number of hydrogen-bond donors (Lipinski definition) is 0. The lowest BCUT2D eigenvalue weighted by molar-refractivity contribution is -0.0119. The lowest BCUT2D eigenvalue weighted by Gasteiger charge is -2.56. The average Bonchev–Trinajstić information content (AvgIpc) is 2.41. The highest BCUT2D eigenvalue weighted by molar-refractivity contribution is 6.73. The molecule has 0 saturated heterocycles. The van der Waals surface area contributed by atoms with E-state index in [4.69, 9.17) is 4.43 Å². The lowest BCUT2D eigenvalue weighted by Crippen LogP contribution is -2.49. The molecule has 2 heteroatoms. The Morgan fingerprint density at radius 1 is 1.22 bits per heavy atom. The molecular formula is C16H30OSi. The van der Waals surface area contributed by atoms with Crippen molar-refractivity contribution < 1.29 is 4.43 Å². The molecule has 3 aliphatic rings. The van der Waals surface area contributed by atoms with E-state index in [0.29, 0.717) is 5.41 Å². The summed E-state index contributed by atoms with van der Waals surface area (Å²) in [5, 5.41) is 0. The maximum Gasteiger partial charge on any atom is 0.192 e. The van der Waals surface area contributed by atoms with Gasteiger partial charge in [0.15, 0.2) is 8.32 Å². The van der Waals surface area contributed by atoms with Gasteiger partial charge in [-0.2, -0.15) is 0 Å². The average molecular weight is 267 g/mol. The SMILES string of the molecule is CC[Si](CC)(CC)OCC1=CC[C@H]2C[C@@H]1C2(C)C. The summed E-state index contributed by atoms with van der Waals surface area (Å²) in [6.45, 7) is 12.8. The predicted molar refractivity (Wildman–Crippen MR) is 81.2 cm³/mol. The topological polar surface area (TPSA) is 9.23 Å². The summed E-state index contributed by atoms with van der Waals surface area (Å²) in [5.74, 6) is 1.75. The van der Waals surface area contributed by atoms with Crippen LogP contribution in [0.25, 0.3) is 0 Å². The van der Waals surface area contributed by atoms with Crippen LogP contribution in [-0.4, -0.2) is 14.9 Å². The maximum atomic E-state index is 6.48. The highest BCUT2D eigenvalue weighted by Crippen LogP contribution is 2.59. The van der Waals surface area contributed by atoms with Crippen LogP contribution in [0.15, 0.2) is 11.6 Å². The smallest absolute Gasteiger partial charge is 0.192 e. The molecule has 1 saturated carbocycles. The zero-order valence-electron chi connectivity index (χ0n) is 12.9. The zero-order chi connectivity index (χ0) is 13.4. The Kier molecular flexibility index (Phi) is 4.08. The van der Waals surface area contributed by atoms with Gasteiger partial charge in [-0.1, -0.05) is 40.7 Å². The van der Waals surface area contributed by atoms with E-state index in [1.807, 2.05) is 0 Å². The molecule has 0 unspecified atom stereocenters. The Labute approximate surface area is 114 Å². The van der Waals surface area contributed by atoms with Crippen LogP contribution in [0.1, 0.15) is 47.5 Å². The Bertz CT molecular complexity index is 320. The molecule has 0 aromatic heterocycles. The quantitative estimate of drug-likeness (QED) is 0.485. The van der Waals surface area contributed by atoms with Gasteiger partial charge in [-0.15, -0.1) is 0 Å². The lowest BCUT2D eigenvalue weighted by atomic mass is 9.49. The predicted octanol–water partition coefficient (Wildman–Crippen LogP) is 5.00. The van der Waals surface area contributed by atoms with Gasteiger partial charge in [-0.25, -0.2) is 0 Å². The second-order valence-corrected chi connectivity index (χ2v) is 11.6. The first kappa shape index (κ1) is 14.3. The molecule has 0 N–H and O–H groups in total. The maximum absolute atomic E-state index is 6.48. The van der Waals surface area contributed by atoms with Crippen LogP contribution in [0.3, 0.4) is 0 Å². The molecule has 1 nitrogen and oxygen atoms in total. The molecule has 0 spiro atoms. The minimum atomic E-state index is -1.40. The van der Waals surface area contributed by atoms with Crippen molar-refractivity contribution in [1.29, 1.82) is 0 Å². The summed E-state index contributed by atoms with van der Waals surface area (Å²) >= 11 is 0. The van der Waals surface area contributed by atoms with Crippen molar-refractivity contribution in [2.75, 3.05) is 6.61 Å². The summed E-state index contributed by atoms with van der Waals surface area (Å²) in [5.41, 5.74) is 2.16. The molecule has 0 aliphatic heterocycles. The van der Waals surface area contributed by atoms with Crippen LogP contribution in [0.4, 0.5) is 0 Å². The first-order valence-corrected chi connectivity index (χ1v) is 10.3. The Morgan fingerprint density at radius 3 is 2.28 bits per heavy atom. The molecule has 0 heterocycles. The molecule has 0 amide bonds. The highest BCUT2D eigenvalue weighted by Gasteiger charge is 2.51. The fraction of sp³-hybridized carbons (Fsp3) is 0.875. The highest BCUT2D eigenvalue weighted by atomic mass is 28.4. The Hall–Kier alpha value is -0.0831. The summed E-state index contributed by atoms with van der Waals surface area (Å²) in [6, 6.07) is 3.80. The molecule has 1 fully saturated rings.